The number of hydrogen-bond acceptors (Lipinski definition) is 3. The summed E-state index contributed by atoms with van der Waals surface area (Å²) in [6, 6.07) is 5.67. The highest BCUT2D eigenvalue weighted by Crippen LogP contribution is 2.24. The monoisotopic (exact) mass is 208 g/mol. The summed E-state index contributed by atoms with van der Waals surface area (Å²) in [7, 11) is 3.24. The van der Waals surface area contributed by atoms with E-state index in [2.05, 4.69) is 6.58 Å². The molecule has 3 heteroatoms. The second kappa shape index (κ2) is 6.09. The van der Waals surface area contributed by atoms with E-state index in [-0.39, 0.29) is 6.79 Å². The van der Waals surface area contributed by atoms with Gasteiger partial charge in [-0.3, -0.25) is 0 Å². The van der Waals surface area contributed by atoms with Gasteiger partial charge in [0.2, 0.25) is 0 Å². The van der Waals surface area contributed by atoms with Crippen LogP contribution in [0.2, 0.25) is 0 Å². The molecule has 3 nitrogen and oxygen atoms in total. The van der Waals surface area contributed by atoms with Crippen LogP contribution in [0.3, 0.4) is 0 Å². The van der Waals surface area contributed by atoms with Gasteiger partial charge in [-0.2, -0.15) is 0 Å². The zero-order valence-electron chi connectivity index (χ0n) is 9.16. The highest BCUT2D eigenvalue weighted by Gasteiger charge is 2.04. The van der Waals surface area contributed by atoms with Gasteiger partial charge in [0.05, 0.1) is 7.11 Å². The Balaban J connectivity index is 2.87. The number of hydrogen-bond donors (Lipinski definition) is 0. The van der Waals surface area contributed by atoms with Crippen LogP contribution in [0, 0.1) is 0 Å². The molecule has 0 spiro atoms. The molecule has 0 aliphatic carbocycles. The Morgan fingerprint density at radius 1 is 1.33 bits per heavy atom. The normalized spacial score (nSPS) is 9.73. The van der Waals surface area contributed by atoms with Crippen LogP contribution in [-0.2, 0) is 11.2 Å². The van der Waals surface area contributed by atoms with Crippen molar-refractivity contribution in [3.8, 4) is 11.5 Å². The number of allylic oxidation sites excluding steroid dienone is 1. The van der Waals surface area contributed by atoms with E-state index < -0.39 is 0 Å². The van der Waals surface area contributed by atoms with E-state index in [4.69, 9.17) is 14.2 Å². The smallest absolute Gasteiger partial charge is 0.188 e. The molecule has 0 saturated carbocycles. The first-order valence-corrected chi connectivity index (χ1v) is 4.71. The maximum Gasteiger partial charge on any atom is 0.188 e. The van der Waals surface area contributed by atoms with E-state index in [0.717, 1.165) is 23.5 Å². The Bertz CT molecular complexity index is 321. The van der Waals surface area contributed by atoms with E-state index in [9.17, 15) is 0 Å². The van der Waals surface area contributed by atoms with Gasteiger partial charge in [0.25, 0.3) is 0 Å². The van der Waals surface area contributed by atoms with Crippen LogP contribution in [0.15, 0.2) is 30.9 Å². The van der Waals surface area contributed by atoms with Crippen LogP contribution in [0.5, 0.6) is 11.5 Å². The Hall–Kier alpha value is -1.48. The van der Waals surface area contributed by atoms with Crippen molar-refractivity contribution in [3.63, 3.8) is 0 Å². The zero-order valence-corrected chi connectivity index (χ0v) is 9.16. The molecule has 0 saturated heterocycles. The minimum atomic E-state index is 0.246. The molecule has 0 aliphatic heterocycles. The SMILES string of the molecule is C=CCc1cc(OC)ccc1OCOC. The van der Waals surface area contributed by atoms with Crippen molar-refractivity contribution >= 4 is 0 Å². The van der Waals surface area contributed by atoms with Crippen molar-refractivity contribution in [1.29, 1.82) is 0 Å². The van der Waals surface area contributed by atoms with Crippen LogP contribution < -0.4 is 9.47 Å². The van der Waals surface area contributed by atoms with Crippen LogP contribution >= 0.6 is 0 Å². The molecule has 0 unspecified atom stereocenters. The highest BCUT2D eigenvalue weighted by atomic mass is 16.7. The zero-order chi connectivity index (χ0) is 11.1. The minimum Gasteiger partial charge on any atom is -0.497 e. The molecule has 15 heavy (non-hydrogen) atoms. The van der Waals surface area contributed by atoms with Crippen molar-refractivity contribution in [3.05, 3.63) is 36.4 Å². The molecule has 0 aromatic heterocycles. The molecule has 0 N–H and O–H groups in total. The van der Waals surface area contributed by atoms with E-state index in [1.807, 2.05) is 24.3 Å². The quantitative estimate of drug-likeness (QED) is 0.530. The lowest BCUT2D eigenvalue weighted by atomic mass is 10.1. The molecular weight excluding hydrogens is 192 g/mol. The lowest BCUT2D eigenvalue weighted by molar-refractivity contribution is 0.0505. The van der Waals surface area contributed by atoms with Gasteiger partial charge < -0.3 is 14.2 Å². The summed E-state index contributed by atoms with van der Waals surface area (Å²) in [5, 5.41) is 0. The largest absolute Gasteiger partial charge is 0.497 e. The van der Waals surface area contributed by atoms with Crippen molar-refractivity contribution in [1.82, 2.24) is 0 Å². The van der Waals surface area contributed by atoms with Gasteiger partial charge >= 0.3 is 0 Å². The summed E-state index contributed by atoms with van der Waals surface area (Å²) in [5.41, 5.74) is 1.04. The van der Waals surface area contributed by atoms with Crippen molar-refractivity contribution in [2.24, 2.45) is 0 Å². The van der Waals surface area contributed by atoms with Crippen molar-refractivity contribution < 1.29 is 14.2 Å². The molecule has 1 rings (SSSR count). The summed E-state index contributed by atoms with van der Waals surface area (Å²) in [6.45, 7) is 3.95. The maximum atomic E-state index is 5.41. The minimum absolute atomic E-state index is 0.246. The van der Waals surface area contributed by atoms with Crippen molar-refractivity contribution in [2.75, 3.05) is 21.0 Å². The first-order chi connectivity index (χ1) is 7.31. The lowest BCUT2D eigenvalue weighted by Crippen LogP contribution is -2.01. The summed E-state index contributed by atoms with van der Waals surface area (Å²) < 4.78 is 15.4. The summed E-state index contributed by atoms with van der Waals surface area (Å²) in [4.78, 5) is 0. The van der Waals surface area contributed by atoms with Gasteiger partial charge in [-0.1, -0.05) is 6.08 Å². The number of benzene rings is 1. The predicted octanol–water partition coefficient (Wildman–Crippen LogP) is 2.41. The molecule has 0 aliphatic rings. The van der Waals surface area contributed by atoms with Gasteiger partial charge in [0.1, 0.15) is 11.5 Å². The molecule has 0 amide bonds. The van der Waals surface area contributed by atoms with Gasteiger partial charge in [0, 0.05) is 12.7 Å². The molecule has 82 valence electrons. The van der Waals surface area contributed by atoms with Crippen LogP contribution in [0.4, 0.5) is 0 Å². The molecule has 0 fully saturated rings. The summed E-state index contributed by atoms with van der Waals surface area (Å²) in [5.74, 6) is 1.62. The fraction of sp³-hybridized carbons (Fsp3) is 0.333. The second-order valence-corrected chi connectivity index (χ2v) is 3.02. The van der Waals surface area contributed by atoms with E-state index in [1.54, 1.807) is 14.2 Å². The maximum absolute atomic E-state index is 5.41. The van der Waals surface area contributed by atoms with Gasteiger partial charge in [-0.05, 0) is 24.6 Å². The number of methoxy groups -OCH3 is 2. The Labute approximate surface area is 90.3 Å². The molecular formula is C12H16O3. The Morgan fingerprint density at radius 3 is 2.73 bits per heavy atom. The summed E-state index contributed by atoms with van der Waals surface area (Å²) >= 11 is 0. The molecule has 0 heterocycles. The fourth-order valence-electron chi connectivity index (χ4n) is 1.26. The van der Waals surface area contributed by atoms with E-state index in [1.165, 1.54) is 0 Å². The first kappa shape index (κ1) is 11.6. The average molecular weight is 208 g/mol. The third-order valence-electron chi connectivity index (χ3n) is 1.96. The molecule has 1 aromatic rings. The van der Waals surface area contributed by atoms with Gasteiger partial charge in [-0.15, -0.1) is 6.58 Å². The Kier molecular flexibility index (Phi) is 4.71. The second-order valence-electron chi connectivity index (χ2n) is 3.02. The van der Waals surface area contributed by atoms with E-state index >= 15 is 0 Å². The molecule has 0 atom stereocenters. The predicted molar refractivity (Wildman–Crippen MR) is 59.4 cm³/mol. The number of rotatable bonds is 6. The Morgan fingerprint density at radius 2 is 2.13 bits per heavy atom. The molecule has 0 bridgehead atoms. The van der Waals surface area contributed by atoms with Gasteiger partial charge in [0.15, 0.2) is 6.79 Å². The fourth-order valence-corrected chi connectivity index (χ4v) is 1.26. The first-order valence-electron chi connectivity index (χ1n) is 4.71. The molecule has 1 aromatic carbocycles. The van der Waals surface area contributed by atoms with Crippen LogP contribution in [0.25, 0.3) is 0 Å². The third kappa shape index (κ3) is 3.29. The lowest BCUT2D eigenvalue weighted by Gasteiger charge is -2.10. The van der Waals surface area contributed by atoms with Crippen LogP contribution in [0.1, 0.15) is 5.56 Å². The van der Waals surface area contributed by atoms with E-state index in [0.29, 0.717) is 0 Å². The van der Waals surface area contributed by atoms with Crippen LogP contribution in [-0.4, -0.2) is 21.0 Å². The van der Waals surface area contributed by atoms with Gasteiger partial charge in [-0.25, -0.2) is 0 Å². The third-order valence-corrected chi connectivity index (χ3v) is 1.96. The average Bonchev–Trinajstić information content (AvgIpc) is 2.27. The standard InChI is InChI=1S/C12H16O3/c1-4-5-10-8-11(14-3)6-7-12(10)15-9-13-2/h4,6-8H,1,5,9H2,2-3H3. The topological polar surface area (TPSA) is 27.7 Å². The number of ether oxygens (including phenoxy) is 3. The molecule has 0 radical (unpaired) electrons. The van der Waals surface area contributed by atoms with Crippen molar-refractivity contribution in [2.45, 2.75) is 6.42 Å². The summed E-state index contributed by atoms with van der Waals surface area (Å²) in [6.07, 6.45) is 2.57. The highest BCUT2D eigenvalue weighted by molar-refractivity contribution is 5.41.